The number of rotatable bonds is 5. The van der Waals surface area contributed by atoms with Gasteiger partial charge in [0.15, 0.2) is 0 Å². The number of amides is 3. The van der Waals surface area contributed by atoms with Gasteiger partial charge in [-0.1, -0.05) is 0 Å². The van der Waals surface area contributed by atoms with Crippen molar-refractivity contribution in [3.8, 4) is 11.9 Å². The van der Waals surface area contributed by atoms with Crippen molar-refractivity contribution in [1.82, 2.24) is 14.8 Å². The molecule has 3 rings (SSSR count). The van der Waals surface area contributed by atoms with Gasteiger partial charge in [0.25, 0.3) is 0 Å². The summed E-state index contributed by atoms with van der Waals surface area (Å²) in [6, 6.07) is 5.22. The number of nitrogens with zero attached hydrogens (tertiary/aromatic N) is 4. The van der Waals surface area contributed by atoms with Gasteiger partial charge in [-0.15, -0.1) is 0 Å². The van der Waals surface area contributed by atoms with Crippen LogP contribution in [-0.2, 0) is 14.4 Å². The third-order valence-electron chi connectivity index (χ3n) is 4.65. The quantitative estimate of drug-likeness (QED) is 0.720. The van der Waals surface area contributed by atoms with Crippen LogP contribution in [0.5, 0.6) is 5.88 Å². The maximum atomic E-state index is 12.4. The molecule has 0 aromatic carbocycles. The summed E-state index contributed by atoms with van der Waals surface area (Å²) < 4.78 is 5.66. The first-order valence-corrected chi connectivity index (χ1v) is 8.66. The van der Waals surface area contributed by atoms with Crippen molar-refractivity contribution >= 4 is 17.7 Å². The predicted octanol–water partition coefficient (Wildman–Crippen LogP) is 0.720. The summed E-state index contributed by atoms with van der Waals surface area (Å²) in [5.41, 5.74) is 0.482. The summed E-state index contributed by atoms with van der Waals surface area (Å²) in [6.45, 7) is 1.37. The lowest BCUT2D eigenvalue weighted by molar-refractivity contribution is -0.146. The lowest BCUT2D eigenvalue weighted by Gasteiger charge is -2.33. The largest absolute Gasteiger partial charge is 0.477 e. The molecule has 0 bridgehead atoms. The molecular weight excluding hydrogens is 336 g/mol. The number of hydrogen-bond donors (Lipinski definition) is 0. The van der Waals surface area contributed by atoms with E-state index < -0.39 is 0 Å². The Labute approximate surface area is 151 Å². The van der Waals surface area contributed by atoms with Crippen LogP contribution in [0.15, 0.2) is 18.3 Å². The lowest BCUT2D eigenvalue weighted by atomic mass is 9.99. The van der Waals surface area contributed by atoms with Gasteiger partial charge < -0.3 is 9.64 Å². The first-order chi connectivity index (χ1) is 12.6. The van der Waals surface area contributed by atoms with E-state index in [1.165, 1.54) is 6.20 Å². The van der Waals surface area contributed by atoms with Crippen molar-refractivity contribution in [2.24, 2.45) is 5.92 Å². The number of hydrogen-bond acceptors (Lipinski definition) is 6. The molecule has 0 aliphatic carbocycles. The molecule has 0 N–H and O–H groups in total. The van der Waals surface area contributed by atoms with E-state index in [0.29, 0.717) is 31.1 Å². The molecule has 1 atom stereocenters. The van der Waals surface area contributed by atoms with Gasteiger partial charge in [-0.3, -0.25) is 19.3 Å². The Kier molecular flexibility index (Phi) is 5.46. The minimum absolute atomic E-state index is 0.144. The van der Waals surface area contributed by atoms with Gasteiger partial charge in [0, 0.05) is 44.1 Å². The van der Waals surface area contributed by atoms with Crippen LogP contribution in [-0.4, -0.2) is 58.7 Å². The zero-order valence-corrected chi connectivity index (χ0v) is 14.4. The number of likely N-dealkylation sites (tertiary alicyclic amines) is 2. The van der Waals surface area contributed by atoms with Crippen LogP contribution in [0.1, 0.15) is 31.2 Å². The van der Waals surface area contributed by atoms with E-state index in [1.54, 1.807) is 17.0 Å². The molecule has 26 heavy (non-hydrogen) atoms. The summed E-state index contributed by atoms with van der Waals surface area (Å²) in [5.74, 6) is -0.221. The predicted molar refractivity (Wildman–Crippen MR) is 89.7 cm³/mol. The van der Waals surface area contributed by atoms with E-state index in [2.05, 4.69) is 4.98 Å². The number of carbonyl (C=O) groups is 3. The first-order valence-electron chi connectivity index (χ1n) is 8.66. The maximum Gasteiger partial charge on any atom is 0.242 e. The number of piperidine rings is 1. The van der Waals surface area contributed by atoms with Crippen LogP contribution in [0.2, 0.25) is 0 Å². The smallest absolute Gasteiger partial charge is 0.242 e. The van der Waals surface area contributed by atoms with Gasteiger partial charge in [-0.05, 0) is 18.9 Å². The second-order valence-electron chi connectivity index (χ2n) is 6.53. The number of nitriles is 1. The fourth-order valence-corrected chi connectivity index (χ4v) is 3.22. The Morgan fingerprint density at radius 3 is 2.85 bits per heavy atom. The molecule has 0 spiro atoms. The molecule has 0 saturated carbocycles. The minimum Gasteiger partial charge on any atom is -0.477 e. The molecule has 8 nitrogen and oxygen atoms in total. The molecule has 1 unspecified atom stereocenters. The van der Waals surface area contributed by atoms with Crippen LogP contribution in [0.3, 0.4) is 0 Å². The molecule has 0 radical (unpaired) electrons. The van der Waals surface area contributed by atoms with E-state index in [9.17, 15) is 14.4 Å². The highest BCUT2D eigenvalue weighted by atomic mass is 16.5. The SMILES string of the molecule is N#Cc1ccnc(OCC2CCCN(C(=O)CN3C(=O)CCC3=O)C2)c1. The van der Waals surface area contributed by atoms with Crippen molar-refractivity contribution < 1.29 is 19.1 Å². The Balaban J connectivity index is 1.52. The Hall–Kier alpha value is -2.95. The van der Waals surface area contributed by atoms with E-state index in [0.717, 1.165) is 17.7 Å². The van der Waals surface area contributed by atoms with Gasteiger partial charge in [0.2, 0.25) is 23.6 Å². The topological polar surface area (TPSA) is 104 Å². The average molecular weight is 356 g/mol. The van der Waals surface area contributed by atoms with Gasteiger partial charge in [-0.25, -0.2) is 4.98 Å². The third-order valence-corrected chi connectivity index (χ3v) is 4.65. The summed E-state index contributed by atoms with van der Waals surface area (Å²) in [4.78, 5) is 42.6. The third kappa shape index (κ3) is 4.17. The number of carbonyl (C=O) groups excluding carboxylic acids is 3. The minimum atomic E-state index is -0.274. The molecule has 136 valence electrons. The highest BCUT2D eigenvalue weighted by Crippen LogP contribution is 2.19. The zero-order valence-electron chi connectivity index (χ0n) is 14.4. The average Bonchev–Trinajstić information content (AvgIpc) is 2.98. The molecule has 3 amide bonds. The summed E-state index contributed by atoms with van der Waals surface area (Å²) >= 11 is 0. The Morgan fingerprint density at radius 2 is 2.12 bits per heavy atom. The van der Waals surface area contributed by atoms with Gasteiger partial charge in [0.05, 0.1) is 18.2 Å². The number of ether oxygens (including phenoxy) is 1. The zero-order chi connectivity index (χ0) is 18.5. The van der Waals surface area contributed by atoms with Crippen molar-refractivity contribution in [3.05, 3.63) is 23.9 Å². The van der Waals surface area contributed by atoms with Crippen LogP contribution in [0.4, 0.5) is 0 Å². The maximum absolute atomic E-state index is 12.4. The molecule has 3 heterocycles. The van der Waals surface area contributed by atoms with Gasteiger partial charge in [0.1, 0.15) is 6.54 Å². The number of aromatic nitrogens is 1. The van der Waals surface area contributed by atoms with Crippen LogP contribution in [0, 0.1) is 17.2 Å². The highest BCUT2D eigenvalue weighted by Gasteiger charge is 2.33. The molecule has 2 aliphatic rings. The second-order valence-corrected chi connectivity index (χ2v) is 6.53. The van der Waals surface area contributed by atoms with Crippen LogP contribution < -0.4 is 4.74 Å². The van der Waals surface area contributed by atoms with Crippen molar-refractivity contribution in [1.29, 1.82) is 5.26 Å². The van der Waals surface area contributed by atoms with Crippen LogP contribution >= 0.6 is 0 Å². The molecular formula is C18H20N4O4. The van der Waals surface area contributed by atoms with Crippen molar-refractivity contribution in [2.75, 3.05) is 26.2 Å². The highest BCUT2D eigenvalue weighted by molar-refractivity contribution is 6.04. The normalized spacial score (nSPS) is 20.2. The first kappa shape index (κ1) is 17.9. The molecule has 2 aliphatic heterocycles. The standard InChI is InChI=1S/C18H20N4O4/c19-9-13-5-6-20-15(8-13)26-12-14-2-1-7-21(10-14)18(25)11-22-16(23)3-4-17(22)24/h5-6,8,14H,1-4,7,10-12H2. The summed E-state index contributed by atoms with van der Waals surface area (Å²) in [6.07, 6.45) is 3.67. The molecule has 2 fully saturated rings. The molecule has 2 saturated heterocycles. The van der Waals surface area contributed by atoms with E-state index in [4.69, 9.17) is 10.00 Å². The van der Waals surface area contributed by atoms with Gasteiger partial charge >= 0.3 is 0 Å². The van der Waals surface area contributed by atoms with E-state index in [-0.39, 0.29) is 43.0 Å². The molecule has 8 heteroatoms. The Morgan fingerprint density at radius 1 is 1.35 bits per heavy atom. The lowest BCUT2D eigenvalue weighted by Crippen LogP contribution is -2.47. The summed E-state index contributed by atoms with van der Waals surface area (Å²) in [5, 5.41) is 8.90. The van der Waals surface area contributed by atoms with E-state index in [1.807, 2.05) is 6.07 Å². The monoisotopic (exact) mass is 356 g/mol. The van der Waals surface area contributed by atoms with Crippen molar-refractivity contribution in [3.63, 3.8) is 0 Å². The van der Waals surface area contributed by atoms with Crippen LogP contribution in [0.25, 0.3) is 0 Å². The molecule has 1 aromatic rings. The fraction of sp³-hybridized carbons (Fsp3) is 0.500. The molecule has 1 aromatic heterocycles. The second kappa shape index (κ2) is 7.95. The number of imide groups is 1. The van der Waals surface area contributed by atoms with Gasteiger partial charge in [-0.2, -0.15) is 5.26 Å². The number of pyridine rings is 1. The fourth-order valence-electron chi connectivity index (χ4n) is 3.22. The van der Waals surface area contributed by atoms with E-state index >= 15 is 0 Å². The summed E-state index contributed by atoms with van der Waals surface area (Å²) in [7, 11) is 0. The van der Waals surface area contributed by atoms with Crippen molar-refractivity contribution in [2.45, 2.75) is 25.7 Å². The Bertz CT molecular complexity index is 742.